The van der Waals surface area contributed by atoms with E-state index in [0.717, 1.165) is 15.4 Å². The molecule has 24 heavy (non-hydrogen) atoms. The number of fused-ring (bicyclic) bond motifs is 6. The average Bonchev–Trinajstić information content (AvgIpc) is 2.98. The third kappa shape index (κ3) is 1.65. The van der Waals surface area contributed by atoms with Crippen LogP contribution in [0.4, 0.5) is 0 Å². The van der Waals surface area contributed by atoms with Crippen LogP contribution in [0.15, 0.2) is 53.1 Å². The van der Waals surface area contributed by atoms with Crippen LogP contribution in [-0.2, 0) is 0 Å². The minimum Gasteiger partial charge on any atom is -0.351 e. The average molecular weight is 377 g/mol. The molecule has 1 aliphatic rings. The lowest BCUT2D eigenvalue weighted by atomic mass is 9.86. The standard InChI is InChI=1S/C19H9BrN2O2/c20-9-5-6-13-11(7-9)15-12(8-21-13)18(23)16-10-3-1-2-4-14(10)22-17(16)19(15)24/h1-8,22H. The van der Waals surface area contributed by atoms with Gasteiger partial charge in [0.25, 0.3) is 0 Å². The van der Waals surface area contributed by atoms with Crippen LogP contribution < -0.4 is 0 Å². The smallest absolute Gasteiger partial charge is 0.211 e. The molecule has 5 heteroatoms. The van der Waals surface area contributed by atoms with Crippen LogP contribution in [0.25, 0.3) is 21.8 Å². The lowest BCUT2D eigenvalue weighted by Gasteiger charge is -2.16. The summed E-state index contributed by atoms with van der Waals surface area (Å²) in [6.07, 6.45) is 1.51. The van der Waals surface area contributed by atoms with Gasteiger partial charge in [-0.05, 0) is 24.3 Å². The molecule has 2 heterocycles. The molecule has 0 spiro atoms. The van der Waals surface area contributed by atoms with Gasteiger partial charge in [0, 0.05) is 32.5 Å². The number of carbonyl (C=O) groups is 2. The molecule has 0 saturated heterocycles. The Labute approximate surface area is 144 Å². The van der Waals surface area contributed by atoms with Crippen LogP contribution in [-0.4, -0.2) is 21.5 Å². The number of benzene rings is 2. The summed E-state index contributed by atoms with van der Waals surface area (Å²) < 4.78 is 0.841. The van der Waals surface area contributed by atoms with E-state index >= 15 is 0 Å². The van der Waals surface area contributed by atoms with E-state index in [1.165, 1.54) is 6.20 Å². The first-order valence-corrected chi connectivity index (χ1v) is 8.23. The van der Waals surface area contributed by atoms with Crippen molar-refractivity contribution in [3.8, 4) is 0 Å². The Morgan fingerprint density at radius 3 is 2.62 bits per heavy atom. The van der Waals surface area contributed by atoms with Gasteiger partial charge in [-0.1, -0.05) is 34.1 Å². The molecule has 114 valence electrons. The van der Waals surface area contributed by atoms with Crippen LogP contribution in [0.2, 0.25) is 0 Å². The molecule has 1 aliphatic carbocycles. The minimum atomic E-state index is -0.165. The molecule has 0 saturated carbocycles. The van der Waals surface area contributed by atoms with E-state index in [-0.39, 0.29) is 11.6 Å². The fraction of sp³-hybridized carbons (Fsp3) is 0. The molecule has 0 aliphatic heterocycles. The first kappa shape index (κ1) is 13.6. The number of ketones is 2. The number of rotatable bonds is 0. The van der Waals surface area contributed by atoms with Gasteiger partial charge in [-0.3, -0.25) is 14.6 Å². The second-order valence-electron chi connectivity index (χ2n) is 5.79. The van der Waals surface area contributed by atoms with Crippen molar-refractivity contribution in [1.29, 1.82) is 0 Å². The molecule has 4 aromatic rings. The number of carbonyl (C=O) groups excluding carboxylic acids is 2. The molecular weight excluding hydrogens is 368 g/mol. The van der Waals surface area contributed by atoms with E-state index in [4.69, 9.17) is 0 Å². The van der Waals surface area contributed by atoms with Gasteiger partial charge in [0.1, 0.15) is 0 Å². The number of nitrogens with zero attached hydrogens (tertiary/aromatic N) is 1. The van der Waals surface area contributed by atoms with Crippen molar-refractivity contribution >= 4 is 49.3 Å². The topological polar surface area (TPSA) is 62.8 Å². The summed E-state index contributed by atoms with van der Waals surface area (Å²) in [5.74, 6) is -0.326. The molecule has 0 fully saturated rings. The van der Waals surface area contributed by atoms with E-state index in [9.17, 15) is 9.59 Å². The highest BCUT2D eigenvalue weighted by Crippen LogP contribution is 2.35. The highest BCUT2D eigenvalue weighted by molar-refractivity contribution is 9.10. The van der Waals surface area contributed by atoms with Crippen LogP contribution in [0.5, 0.6) is 0 Å². The van der Waals surface area contributed by atoms with E-state index in [1.54, 1.807) is 0 Å². The Morgan fingerprint density at radius 1 is 0.917 bits per heavy atom. The Bertz CT molecular complexity index is 1210. The van der Waals surface area contributed by atoms with Crippen LogP contribution in [0, 0.1) is 0 Å². The summed E-state index contributed by atoms with van der Waals surface area (Å²) in [6.45, 7) is 0. The zero-order valence-electron chi connectivity index (χ0n) is 12.3. The van der Waals surface area contributed by atoms with E-state index < -0.39 is 0 Å². The lowest BCUT2D eigenvalue weighted by Crippen LogP contribution is -2.21. The highest BCUT2D eigenvalue weighted by atomic mass is 79.9. The Balaban J connectivity index is 1.92. The molecule has 1 N–H and O–H groups in total. The molecule has 5 rings (SSSR count). The molecule has 0 radical (unpaired) electrons. The van der Waals surface area contributed by atoms with Crippen molar-refractivity contribution < 1.29 is 9.59 Å². The van der Waals surface area contributed by atoms with Gasteiger partial charge in [0.05, 0.1) is 22.3 Å². The predicted molar refractivity (Wildman–Crippen MR) is 94.6 cm³/mol. The van der Waals surface area contributed by atoms with Gasteiger partial charge < -0.3 is 4.98 Å². The minimum absolute atomic E-state index is 0.161. The van der Waals surface area contributed by atoms with Crippen molar-refractivity contribution in [1.82, 2.24) is 9.97 Å². The SMILES string of the molecule is O=C1c2[nH]c3ccccc3c2C(=O)c2cnc3ccc(Br)cc3c21. The Hall–Kier alpha value is -2.79. The summed E-state index contributed by atoms with van der Waals surface area (Å²) in [7, 11) is 0. The van der Waals surface area contributed by atoms with Crippen molar-refractivity contribution in [3.63, 3.8) is 0 Å². The first-order valence-electron chi connectivity index (χ1n) is 7.43. The molecule has 2 aromatic carbocycles. The zero-order chi connectivity index (χ0) is 16.4. The maximum Gasteiger partial charge on any atom is 0.211 e. The maximum atomic E-state index is 13.1. The van der Waals surface area contributed by atoms with Crippen molar-refractivity contribution in [2.45, 2.75) is 0 Å². The number of para-hydroxylation sites is 1. The fourth-order valence-electron chi connectivity index (χ4n) is 3.39. The lowest BCUT2D eigenvalue weighted by molar-refractivity contribution is 0.0979. The summed E-state index contributed by atoms with van der Waals surface area (Å²) in [5, 5.41) is 1.45. The third-order valence-electron chi connectivity index (χ3n) is 4.46. The zero-order valence-corrected chi connectivity index (χ0v) is 13.8. The molecule has 0 amide bonds. The first-order chi connectivity index (χ1) is 11.6. The van der Waals surface area contributed by atoms with Gasteiger partial charge >= 0.3 is 0 Å². The van der Waals surface area contributed by atoms with Crippen LogP contribution in [0.1, 0.15) is 32.0 Å². The van der Waals surface area contributed by atoms with Gasteiger partial charge in [0.15, 0.2) is 5.78 Å². The van der Waals surface area contributed by atoms with Crippen molar-refractivity contribution in [2.75, 3.05) is 0 Å². The third-order valence-corrected chi connectivity index (χ3v) is 4.96. The molecule has 0 bridgehead atoms. The summed E-state index contributed by atoms with van der Waals surface area (Å²) in [5.41, 5.74) is 3.07. The number of halogens is 1. The Kier molecular flexibility index (Phi) is 2.62. The number of pyridine rings is 1. The predicted octanol–water partition coefficient (Wildman–Crippen LogP) is 4.25. The summed E-state index contributed by atoms with van der Waals surface area (Å²) in [6, 6.07) is 13.0. The number of aromatic amines is 1. The monoisotopic (exact) mass is 376 g/mol. The van der Waals surface area contributed by atoms with Gasteiger partial charge in [-0.15, -0.1) is 0 Å². The second-order valence-corrected chi connectivity index (χ2v) is 6.70. The van der Waals surface area contributed by atoms with E-state index in [0.29, 0.717) is 33.3 Å². The van der Waals surface area contributed by atoms with E-state index in [2.05, 4.69) is 25.9 Å². The fourth-order valence-corrected chi connectivity index (χ4v) is 3.75. The number of aromatic nitrogens is 2. The van der Waals surface area contributed by atoms with Crippen molar-refractivity contribution in [3.05, 3.63) is 75.5 Å². The molecule has 4 nitrogen and oxygen atoms in total. The van der Waals surface area contributed by atoms with Gasteiger partial charge in [0.2, 0.25) is 5.78 Å². The molecule has 2 aromatic heterocycles. The van der Waals surface area contributed by atoms with Gasteiger partial charge in [-0.25, -0.2) is 0 Å². The molecule has 0 unspecified atom stereocenters. The second kappa shape index (κ2) is 4.61. The number of H-pyrrole nitrogens is 1. The van der Waals surface area contributed by atoms with Crippen LogP contribution in [0.3, 0.4) is 0 Å². The molecule has 0 atom stereocenters. The van der Waals surface area contributed by atoms with Crippen molar-refractivity contribution in [2.24, 2.45) is 0 Å². The Morgan fingerprint density at radius 2 is 1.75 bits per heavy atom. The normalized spacial score (nSPS) is 13.4. The maximum absolute atomic E-state index is 13.1. The number of hydrogen-bond acceptors (Lipinski definition) is 3. The quantitative estimate of drug-likeness (QED) is 0.439. The highest BCUT2D eigenvalue weighted by Gasteiger charge is 2.34. The summed E-state index contributed by atoms with van der Waals surface area (Å²) in [4.78, 5) is 33.6. The number of nitrogens with one attached hydrogen (secondary N) is 1. The van der Waals surface area contributed by atoms with Crippen LogP contribution >= 0.6 is 15.9 Å². The summed E-state index contributed by atoms with van der Waals surface area (Å²) >= 11 is 3.42. The molecular formula is C19H9BrN2O2. The van der Waals surface area contributed by atoms with Gasteiger partial charge in [-0.2, -0.15) is 0 Å². The van der Waals surface area contributed by atoms with E-state index in [1.807, 2.05) is 42.5 Å². The number of hydrogen-bond donors (Lipinski definition) is 1. The largest absolute Gasteiger partial charge is 0.351 e.